The lowest BCUT2D eigenvalue weighted by molar-refractivity contribution is -0.125. The Labute approximate surface area is 119 Å². The van der Waals surface area contributed by atoms with Gasteiger partial charge in [-0.2, -0.15) is 0 Å². The molecule has 4 heteroatoms. The van der Waals surface area contributed by atoms with Gasteiger partial charge in [0, 0.05) is 5.02 Å². The quantitative estimate of drug-likeness (QED) is 0.894. The highest BCUT2D eigenvalue weighted by Crippen LogP contribution is 2.23. The first kappa shape index (κ1) is 14.4. The van der Waals surface area contributed by atoms with E-state index in [4.69, 9.17) is 11.6 Å². The first-order valence-electron chi connectivity index (χ1n) is 6.87. The molecule has 104 valence electrons. The van der Waals surface area contributed by atoms with Crippen molar-refractivity contribution < 1.29 is 4.79 Å². The molecule has 3 nitrogen and oxygen atoms in total. The molecule has 1 aliphatic heterocycles. The second kappa shape index (κ2) is 6.40. The number of carbonyl (C=O) groups is 1. The van der Waals surface area contributed by atoms with Crippen LogP contribution in [0.2, 0.25) is 5.02 Å². The smallest absolute Gasteiger partial charge is 0.237 e. The summed E-state index contributed by atoms with van der Waals surface area (Å²) in [4.78, 5) is 12.3. The molecule has 0 spiro atoms. The van der Waals surface area contributed by atoms with E-state index in [1.807, 2.05) is 31.2 Å². The number of hydrogen-bond acceptors (Lipinski definition) is 2. The Morgan fingerprint density at radius 1 is 1.47 bits per heavy atom. The maximum Gasteiger partial charge on any atom is 0.237 e. The van der Waals surface area contributed by atoms with E-state index >= 15 is 0 Å². The standard InChI is InChI=1S/C15H21ClN2O/c1-10-6-5-9-17-14(10)15(19)18-11(2)12-7-3-4-8-13(12)16/h3-4,7-8,10-11,14,17H,5-6,9H2,1-2H3,(H,18,19)/t10?,11-,14?/m1/s1. The van der Waals surface area contributed by atoms with Crippen LogP contribution in [0.3, 0.4) is 0 Å². The number of hydrogen-bond donors (Lipinski definition) is 2. The molecule has 2 unspecified atom stereocenters. The molecule has 1 aliphatic rings. The Kier molecular flexibility index (Phi) is 4.83. The summed E-state index contributed by atoms with van der Waals surface area (Å²) in [5, 5.41) is 7.04. The predicted octanol–water partition coefficient (Wildman–Crippen LogP) is 2.91. The van der Waals surface area contributed by atoms with Crippen LogP contribution in [0.5, 0.6) is 0 Å². The summed E-state index contributed by atoms with van der Waals surface area (Å²) < 4.78 is 0. The Hall–Kier alpha value is -1.06. The van der Waals surface area contributed by atoms with Gasteiger partial charge in [0.05, 0.1) is 12.1 Å². The number of piperidine rings is 1. The minimum absolute atomic E-state index is 0.0691. The van der Waals surface area contributed by atoms with E-state index in [0.29, 0.717) is 10.9 Å². The minimum Gasteiger partial charge on any atom is -0.348 e. The predicted molar refractivity (Wildman–Crippen MR) is 78.2 cm³/mol. The highest BCUT2D eigenvalue weighted by molar-refractivity contribution is 6.31. The average molecular weight is 281 g/mol. The normalized spacial score (nSPS) is 24.8. The highest BCUT2D eigenvalue weighted by Gasteiger charge is 2.28. The monoisotopic (exact) mass is 280 g/mol. The fourth-order valence-corrected chi connectivity index (χ4v) is 2.91. The Morgan fingerprint density at radius 2 is 2.21 bits per heavy atom. The van der Waals surface area contributed by atoms with Crippen molar-refractivity contribution in [3.63, 3.8) is 0 Å². The van der Waals surface area contributed by atoms with Gasteiger partial charge < -0.3 is 10.6 Å². The van der Waals surface area contributed by atoms with Crippen molar-refractivity contribution in [3.8, 4) is 0 Å². The molecule has 1 fully saturated rings. The zero-order chi connectivity index (χ0) is 13.8. The number of carbonyl (C=O) groups excluding carboxylic acids is 1. The molecule has 0 aliphatic carbocycles. The van der Waals surface area contributed by atoms with Gasteiger partial charge in [-0.25, -0.2) is 0 Å². The SMILES string of the molecule is CC1CCCNC1C(=O)N[C@H](C)c1ccccc1Cl. The van der Waals surface area contributed by atoms with Crippen LogP contribution in [-0.4, -0.2) is 18.5 Å². The lowest BCUT2D eigenvalue weighted by atomic mass is 9.92. The third kappa shape index (κ3) is 3.48. The van der Waals surface area contributed by atoms with Gasteiger partial charge in [-0.15, -0.1) is 0 Å². The molecule has 2 N–H and O–H groups in total. The van der Waals surface area contributed by atoms with Gasteiger partial charge in [0.25, 0.3) is 0 Å². The van der Waals surface area contributed by atoms with Crippen LogP contribution in [0.15, 0.2) is 24.3 Å². The molecule has 1 saturated heterocycles. The van der Waals surface area contributed by atoms with Gasteiger partial charge in [0.2, 0.25) is 5.91 Å². The van der Waals surface area contributed by atoms with Crippen molar-refractivity contribution in [3.05, 3.63) is 34.9 Å². The molecule has 19 heavy (non-hydrogen) atoms. The van der Waals surface area contributed by atoms with Gasteiger partial charge >= 0.3 is 0 Å². The number of benzene rings is 1. The van der Waals surface area contributed by atoms with Crippen molar-refractivity contribution in [2.75, 3.05) is 6.54 Å². The van der Waals surface area contributed by atoms with Crippen molar-refractivity contribution in [1.29, 1.82) is 0 Å². The molecule has 0 aromatic heterocycles. The first-order valence-corrected chi connectivity index (χ1v) is 7.25. The third-order valence-corrected chi connectivity index (χ3v) is 4.13. The van der Waals surface area contributed by atoms with Gasteiger partial charge in [0.1, 0.15) is 0 Å². The minimum atomic E-state index is -0.0845. The zero-order valence-electron chi connectivity index (χ0n) is 11.4. The molecule has 1 heterocycles. The zero-order valence-corrected chi connectivity index (χ0v) is 12.2. The van der Waals surface area contributed by atoms with E-state index in [9.17, 15) is 4.79 Å². The number of amides is 1. The molecule has 0 saturated carbocycles. The van der Waals surface area contributed by atoms with Crippen LogP contribution in [0.25, 0.3) is 0 Å². The average Bonchev–Trinajstić information content (AvgIpc) is 2.39. The van der Waals surface area contributed by atoms with Crippen molar-refractivity contribution >= 4 is 17.5 Å². The maximum atomic E-state index is 12.3. The van der Waals surface area contributed by atoms with Crippen LogP contribution in [0.4, 0.5) is 0 Å². The Bertz CT molecular complexity index is 450. The lowest BCUT2D eigenvalue weighted by Gasteiger charge is -2.30. The van der Waals surface area contributed by atoms with Crippen LogP contribution < -0.4 is 10.6 Å². The molecular formula is C15H21ClN2O. The summed E-state index contributed by atoms with van der Waals surface area (Å²) in [5.74, 6) is 0.451. The van der Waals surface area contributed by atoms with E-state index < -0.39 is 0 Å². The largest absolute Gasteiger partial charge is 0.348 e. The third-order valence-electron chi connectivity index (χ3n) is 3.78. The topological polar surface area (TPSA) is 41.1 Å². The van der Waals surface area contributed by atoms with Crippen LogP contribution in [-0.2, 0) is 4.79 Å². The van der Waals surface area contributed by atoms with Crippen molar-refractivity contribution in [2.45, 2.75) is 38.8 Å². The fourth-order valence-electron chi connectivity index (χ4n) is 2.61. The molecule has 1 aromatic rings. The van der Waals surface area contributed by atoms with Crippen LogP contribution in [0, 0.1) is 5.92 Å². The van der Waals surface area contributed by atoms with E-state index in [0.717, 1.165) is 24.9 Å². The Morgan fingerprint density at radius 3 is 2.89 bits per heavy atom. The number of rotatable bonds is 3. The van der Waals surface area contributed by atoms with E-state index in [1.165, 1.54) is 0 Å². The van der Waals surface area contributed by atoms with Crippen molar-refractivity contribution in [2.24, 2.45) is 5.92 Å². The van der Waals surface area contributed by atoms with E-state index in [2.05, 4.69) is 17.6 Å². The molecule has 3 atom stereocenters. The number of nitrogens with one attached hydrogen (secondary N) is 2. The molecule has 1 amide bonds. The lowest BCUT2D eigenvalue weighted by Crippen LogP contribution is -2.51. The molecule has 0 bridgehead atoms. The molecule has 2 rings (SSSR count). The van der Waals surface area contributed by atoms with Crippen LogP contribution >= 0.6 is 11.6 Å². The summed E-state index contributed by atoms with van der Waals surface area (Å²) >= 11 is 6.15. The molecule has 0 radical (unpaired) electrons. The second-order valence-corrected chi connectivity index (χ2v) is 5.71. The molecule has 1 aromatic carbocycles. The van der Waals surface area contributed by atoms with E-state index in [-0.39, 0.29) is 18.0 Å². The Balaban J connectivity index is 2.00. The maximum absolute atomic E-state index is 12.3. The van der Waals surface area contributed by atoms with Crippen LogP contribution in [0.1, 0.15) is 38.3 Å². The first-order chi connectivity index (χ1) is 9.09. The van der Waals surface area contributed by atoms with Gasteiger partial charge in [-0.05, 0) is 43.9 Å². The summed E-state index contributed by atoms with van der Waals surface area (Å²) in [5.41, 5.74) is 0.959. The fraction of sp³-hybridized carbons (Fsp3) is 0.533. The highest BCUT2D eigenvalue weighted by atomic mass is 35.5. The summed E-state index contributed by atoms with van der Waals surface area (Å²) in [6.07, 6.45) is 2.25. The van der Waals surface area contributed by atoms with Gasteiger partial charge in [-0.1, -0.05) is 36.7 Å². The number of halogens is 1. The summed E-state index contributed by atoms with van der Waals surface area (Å²) in [7, 11) is 0. The van der Waals surface area contributed by atoms with Crippen molar-refractivity contribution in [1.82, 2.24) is 10.6 Å². The van der Waals surface area contributed by atoms with E-state index in [1.54, 1.807) is 0 Å². The van der Waals surface area contributed by atoms with Gasteiger partial charge in [0.15, 0.2) is 0 Å². The summed E-state index contributed by atoms with van der Waals surface area (Å²) in [6, 6.07) is 7.47. The van der Waals surface area contributed by atoms with Gasteiger partial charge in [-0.3, -0.25) is 4.79 Å². The molecular weight excluding hydrogens is 260 g/mol. The second-order valence-electron chi connectivity index (χ2n) is 5.30. The summed E-state index contributed by atoms with van der Waals surface area (Å²) in [6.45, 7) is 5.01.